The third kappa shape index (κ3) is 2.72. The first kappa shape index (κ1) is 12.7. The highest BCUT2D eigenvalue weighted by Gasteiger charge is 2.47. The van der Waals surface area contributed by atoms with Gasteiger partial charge in [-0.25, -0.2) is 4.79 Å². The summed E-state index contributed by atoms with van der Waals surface area (Å²) >= 11 is 0. The van der Waals surface area contributed by atoms with E-state index >= 15 is 0 Å². The maximum atomic E-state index is 11.6. The molecule has 2 saturated carbocycles. The van der Waals surface area contributed by atoms with Crippen molar-refractivity contribution >= 4 is 5.97 Å². The van der Waals surface area contributed by atoms with Gasteiger partial charge in [-0.05, 0) is 43.9 Å². The molecule has 0 saturated heterocycles. The number of carbonyl (C=O) groups excluding carboxylic acids is 1. The summed E-state index contributed by atoms with van der Waals surface area (Å²) in [6.45, 7) is 7.62. The Kier molecular flexibility index (Phi) is 3.90. The van der Waals surface area contributed by atoms with Crippen molar-refractivity contribution in [3.8, 4) is 0 Å². The van der Waals surface area contributed by atoms with Gasteiger partial charge in [0, 0.05) is 5.57 Å². The van der Waals surface area contributed by atoms with Crippen molar-refractivity contribution in [1.82, 2.24) is 0 Å². The average molecular weight is 236 g/mol. The van der Waals surface area contributed by atoms with E-state index in [2.05, 4.69) is 13.5 Å². The smallest absolute Gasteiger partial charge is 0.333 e. The van der Waals surface area contributed by atoms with E-state index in [0.29, 0.717) is 11.5 Å². The van der Waals surface area contributed by atoms with Gasteiger partial charge in [-0.1, -0.05) is 32.8 Å². The molecule has 2 rings (SSSR count). The van der Waals surface area contributed by atoms with Crippen LogP contribution in [-0.2, 0) is 9.53 Å². The molecule has 0 aromatic heterocycles. The molecule has 96 valence electrons. The van der Waals surface area contributed by atoms with Crippen molar-refractivity contribution < 1.29 is 9.53 Å². The molecule has 0 amide bonds. The zero-order chi connectivity index (χ0) is 12.4. The van der Waals surface area contributed by atoms with Crippen LogP contribution in [-0.4, -0.2) is 12.1 Å². The lowest BCUT2D eigenvalue weighted by Crippen LogP contribution is -2.29. The quantitative estimate of drug-likeness (QED) is 0.537. The number of hydrogen-bond acceptors (Lipinski definition) is 2. The second-order valence-corrected chi connectivity index (χ2v) is 5.86. The van der Waals surface area contributed by atoms with Crippen LogP contribution in [0.2, 0.25) is 0 Å². The molecular weight excluding hydrogens is 212 g/mol. The molecule has 4 atom stereocenters. The molecule has 0 aromatic rings. The van der Waals surface area contributed by atoms with Crippen molar-refractivity contribution in [1.29, 1.82) is 0 Å². The molecule has 2 bridgehead atoms. The first-order chi connectivity index (χ1) is 8.11. The van der Waals surface area contributed by atoms with Crippen LogP contribution in [0.1, 0.15) is 52.4 Å². The number of rotatable bonds is 5. The van der Waals surface area contributed by atoms with E-state index < -0.39 is 0 Å². The summed E-state index contributed by atoms with van der Waals surface area (Å²) < 4.78 is 5.58. The fraction of sp³-hybridized carbons (Fsp3) is 0.800. The highest BCUT2D eigenvalue weighted by Crippen LogP contribution is 2.51. The Balaban J connectivity index is 1.89. The second kappa shape index (κ2) is 5.24. The van der Waals surface area contributed by atoms with Crippen LogP contribution in [0.25, 0.3) is 0 Å². The number of unbranched alkanes of at least 4 members (excludes halogenated alkanes) is 1. The molecule has 0 spiro atoms. The molecule has 2 fully saturated rings. The molecule has 0 N–H and O–H groups in total. The number of carbonyl (C=O) groups is 1. The molecular formula is C15H24O2. The van der Waals surface area contributed by atoms with Crippen LogP contribution in [0, 0.1) is 17.8 Å². The Morgan fingerprint density at radius 2 is 2.12 bits per heavy atom. The van der Waals surface area contributed by atoms with E-state index in [1.165, 1.54) is 32.1 Å². The van der Waals surface area contributed by atoms with Gasteiger partial charge >= 0.3 is 5.97 Å². The van der Waals surface area contributed by atoms with Gasteiger partial charge in [-0.15, -0.1) is 0 Å². The predicted molar refractivity (Wildman–Crippen MR) is 68.5 cm³/mol. The van der Waals surface area contributed by atoms with E-state index in [1.807, 2.05) is 0 Å². The zero-order valence-electron chi connectivity index (χ0n) is 11.1. The Labute approximate surface area is 104 Å². The molecule has 4 unspecified atom stereocenters. The van der Waals surface area contributed by atoms with Crippen LogP contribution < -0.4 is 0 Å². The van der Waals surface area contributed by atoms with Crippen molar-refractivity contribution in [2.24, 2.45) is 17.8 Å². The van der Waals surface area contributed by atoms with Crippen LogP contribution in [0.3, 0.4) is 0 Å². The predicted octanol–water partition coefficient (Wildman–Crippen LogP) is 3.71. The van der Waals surface area contributed by atoms with Gasteiger partial charge in [0.25, 0.3) is 0 Å². The van der Waals surface area contributed by atoms with Crippen LogP contribution >= 0.6 is 0 Å². The van der Waals surface area contributed by atoms with Crippen LogP contribution in [0.5, 0.6) is 0 Å². The minimum absolute atomic E-state index is 0.180. The van der Waals surface area contributed by atoms with E-state index in [1.54, 1.807) is 6.92 Å². The van der Waals surface area contributed by atoms with Crippen molar-refractivity contribution in [2.75, 3.05) is 0 Å². The molecule has 0 aromatic carbocycles. The minimum atomic E-state index is -0.197. The van der Waals surface area contributed by atoms with Gasteiger partial charge in [-0.3, -0.25) is 0 Å². The average Bonchev–Trinajstić information content (AvgIpc) is 2.85. The van der Waals surface area contributed by atoms with Gasteiger partial charge in [0.15, 0.2) is 0 Å². The summed E-state index contributed by atoms with van der Waals surface area (Å²) in [6.07, 6.45) is 7.82. The molecule has 0 radical (unpaired) electrons. The summed E-state index contributed by atoms with van der Waals surface area (Å²) in [4.78, 5) is 11.6. The van der Waals surface area contributed by atoms with E-state index in [9.17, 15) is 4.79 Å². The number of fused-ring (bicyclic) bond motifs is 2. The van der Waals surface area contributed by atoms with Gasteiger partial charge in [0.2, 0.25) is 0 Å². The molecule has 0 heterocycles. The normalized spacial score (nSPS) is 34.9. The fourth-order valence-electron chi connectivity index (χ4n) is 3.60. The third-order valence-electron chi connectivity index (χ3n) is 4.43. The maximum absolute atomic E-state index is 11.6. The fourth-order valence-corrected chi connectivity index (χ4v) is 3.60. The zero-order valence-corrected chi connectivity index (χ0v) is 11.1. The first-order valence-corrected chi connectivity index (χ1v) is 6.98. The van der Waals surface area contributed by atoms with Crippen molar-refractivity contribution in [3.05, 3.63) is 12.2 Å². The molecule has 2 aliphatic carbocycles. The minimum Gasteiger partial charge on any atom is -0.459 e. The summed E-state index contributed by atoms with van der Waals surface area (Å²) in [5.41, 5.74) is 0.526. The number of ether oxygens (including phenoxy) is 1. The molecule has 2 nitrogen and oxygen atoms in total. The lowest BCUT2D eigenvalue weighted by Gasteiger charge is -2.29. The van der Waals surface area contributed by atoms with Crippen LogP contribution in [0.15, 0.2) is 12.2 Å². The van der Waals surface area contributed by atoms with Crippen molar-refractivity contribution in [3.63, 3.8) is 0 Å². The summed E-state index contributed by atoms with van der Waals surface area (Å²) in [7, 11) is 0. The van der Waals surface area contributed by atoms with Gasteiger partial charge in [0.05, 0.1) is 0 Å². The van der Waals surface area contributed by atoms with Crippen LogP contribution in [0.4, 0.5) is 0 Å². The standard InChI is InChI=1S/C15H24O2/c1-4-5-6-12-7-11-8-13(12)14(9-11)17-15(16)10(2)3/h11-14H,2,4-9H2,1,3H3. The SMILES string of the molecule is C=C(C)C(=O)OC1CC2CC(CCCC)C1C2. The highest BCUT2D eigenvalue weighted by atomic mass is 16.5. The van der Waals surface area contributed by atoms with Crippen molar-refractivity contribution in [2.45, 2.75) is 58.5 Å². The summed E-state index contributed by atoms with van der Waals surface area (Å²) in [5.74, 6) is 2.05. The Hall–Kier alpha value is -0.790. The van der Waals surface area contributed by atoms with Gasteiger partial charge in [-0.2, -0.15) is 0 Å². The molecule has 2 heteroatoms. The van der Waals surface area contributed by atoms with E-state index in [0.717, 1.165) is 18.3 Å². The lowest BCUT2D eigenvalue weighted by atomic mass is 9.83. The Bertz CT molecular complexity index is 308. The number of esters is 1. The summed E-state index contributed by atoms with van der Waals surface area (Å²) in [6, 6.07) is 0. The van der Waals surface area contributed by atoms with E-state index in [4.69, 9.17) is 4.74 Å². The maximum Gasteiger partial charge on any atom is 0.333 e. The third-order valence-corrected chi connectivity index (χ3v) is 4.43. The number of hydrogen-bond donors (Lipinski definition) is 0. The summed E-state index contributed by atoms with van der Waals surface area (Å²) in [5, 5.41) is 0. The monoisotopic (exact) mass is 236 g/mol. The Morgan fingerprint density at radius 3 is 2.71 bits per heavy atom. The highest BCUT2D eigenvalue weighted by molar-refractivity contribution is 5.87. The Morgan fingerprint density at radius 1 is 1.35 bits per heavy atom. The second-order valence-electron chi connectivity index (χ2n) is 5.86. The van der Waals surface area contributed by atoms with E-state index in [-0.39, 0.29) is 12.1 Å². The molecule has 17 heavy (non-hydrogen) atoms. The molecule has 2 aliphatic rings. The lowest BCUT2D eigenvalue weighted by molar-refractivity contribution is -0.147. The first-order valence-electron chi connectivity index (χ1n) is 6.98. The van der Waals surface area contributed by atoms with Gasteiger partial charge < -0.3 is 4.74 Å². The topological polar surface area (TPSA) is 26.3 Å². The van der Waals surface area contributed by atoms with Gasteiger partial charge in [0.1, 0.15) is 6.10 Å². The largest absolute Gasteiger partial charge is 0.459 e. The molecule has 0 aliphatic heterocycles.